The Labute approximate surface area is 290 Å². The number of anilines is 3. The number of pyridine rings is 1. The van der Waals surface area contributed by atoms with Crippen molar-refractivity contribution in [3.63, 3.8) is 0 Å². The lowest BCUT2D eigenvalue weighted by atomic mass is 10.0. The zero-order chi connectivity index (χ0) is 37.1. The highest BCUT2D eigenvalue weighted by molar-refractivity contribution is 7.90. The predicted molar refractivity (Wildman–Crippen MR) is 180 cm³/mol. The Kier molecular flexibility index (Phi) is 11.1. The average molecular weight is 742 g/mol. The van der Waals surface area contributed by atoms with E-state index in [9.17, 15) is 35.2 Å². The third-order valence-corrected chi connectivity index (χ3v) is 9.37. The number of likely N-dealkylation sites (tertiary alicyclic amines) is 2. The van der Waals surface area contributed by atoms with Crippen LogP contribution in [0.1, 0.15) is 17.8 Å². The van der Waals surface area contributed by atoms with E-state index in [2.05, 4.69) is 32.8 Å². The first kappa shape index (κ1) is 37.8. The van der Waals surface area contributed by atoms with Crippen molar-refractivity contribution in [3.8, 4) is 17.6 Å². The first-order valence-corrected chi connectivity index (χ1v) is 17.7. The Morgan fingerprint density at radius 2 is 1.94 bits per heavy atom. The number of ether oxygens (including phenoxy) is 1. The highest BCUT2D eigenvalue weighted by Crippen LogP contribution is 2.32. The van der Waals surface area contributed by atoms with Gasteiger partial charge in [-0.25, -0.2) is 26.6 Å². The van der Waals surface area contributed by atoms with E-state index in [1.165, 1.54) is 48.5 Å². The number of fused-ring (bicyclic) bond motifs is 1. The zero-order valence-electron chi connectivity index (χ0n) is 28.0. The first-order chi connectivity index (χ1) is 23.9. The topological polar surface area (TPSA) is 120 Å². The maximum absolute atomic E-state index is 15.1. The minimum absolute atomic E-state index is 0.0305. The van der Waals surface area contributed by atoms with Crippen molar-refractivity contribution < 1.29 is 44.3 Å². The molecule has 0 bridgehead atoms. The van der Waals surface area contributed by atoms with Gasteiger partial charge in [-0.3, -0.25) is 14.1 Å². The number of carbonyl (C=O) groups excluding carboxylic acids is 1. The number of methoxy groups -OCH3 is 1. The summed E-state index contributed by atoms with van der Waals surface area (Å²) < 4.78 is 113. The molecule has 0 unspecified atom stereocenters. The average Bonchev–Trinajstić information content (AvgIpc) is 3.34. The third kappa shape index (κ3) is 9.86. The maximum atomic E-state index is 15.1. The molecule has 11 nitrogen and oxygen atoms in total. The number of piperidine rings is 1. The zero-order valence-corrected chi connectivity index (χ0v) is 28.8. The van der Waals surface area contributed by atoms with Crippen molar-refractivity contribution in [2.45, 2.75) is 42.0 Å². The molecular formula is C33H37F6N7O4S. The molecule has 1 amide bonds. The molecule has 0 saturated carbocycles. The van der Waals surface area contributed by atoms with E-state index in [0.29, 0.717) is 18.7 Å². The molecule has 1 aromatic carbocycles. The van der Waals surface area contributed by atoms with Gasteiger partial charge >= 0.3 is 6.18 Å². The molecular weight excluding hydrogens is 704 g/mol. The van der Waals surface area contributed by atoms with Crippen molar-refractivity contribution in [3.05, 3.63) is 54.0 Å². The summed E-state index contributed by atoms with van der Waals surface area (Å²) in [6.45, 7) is -0.118. The summed E-state index contributed by atoms with van der Waals surface area (Å²) in [5.41, 5.74) is 0.141. The van der Waals surface area contributed by atoms with E-state index in [1.807, 2.05) is 4.90 Å². The number of rotatable bonds is 11. The second kappa shape index (κ2) is 15.0. The number of hydrogen-bond donors (Lipinski definition) is 3. The maximum Gasteiger partial charge on any atom is 0.394 e. The van der Waals surface area contributed by atoms with E-state index in [1.54, 1.807) is 7.05 Å². The predicted octanol–water partition coefficient (Wildman–Crippen LogP) is 4.21. The van der Waals surface area contributed by atoms with E-state index in [-0.39, 0.29) is 58.7 Å². The number of nitrogens with one attached hydrogen (secondary N) is 3. The Morgan fingerprint density at radius 1 is 1.20 bits per heavy atom. The van der Waals surface area contributed by atoms with Crippen LogP contribution in [-0.2, 0) is 21.1 Å². The number of hydrogen-bond acceptors (Lipinski definition) is 9. The number of halogens is 6. The van der Waals surface area contributed by atoms with Gasteiger partial charge in [0.15, 0.2) is 15.5 Å². The minimum Gasteiger partial charge on any atom is -0.495 e. The van der Waals surface area contributed by atoms with Crippen LogP contribution in [-0.4, -0.2) is 118 Å². The summed E-state index contributed by atoms with van der Waals surface area (Å²) in [4.78, 5) is 20.5. The van der Waals surface area contributed by atoms with E-state index in [0.717, 1.165) is 16.7 Å². The highest BCUT2D eigenvalue weighted by Gasteiger charge is 2.43. The summed E-state index contributed by atoms with van der Waals surface area (Å²) >= 11 is 0. The van der Waals surface area contributed by atoms with Gasteiger partial charge in [-0.15, -0.1) is 0 Å². The van der Waals surface area contributed by atoms with Gasteiger partial charge in [0.05, 0.1) is 66.9 Å². The van der Waals surface area contributed by atoms with Gasteiger partial charge in [0.2, 0.25) is 5.91 Å². The van der Waals surface area contributed by atoms with Gasteiger partial charge in [0.25, 0.3) is 5.92 Å². The molecule has 2 atom stereocenters. The number of alkyl halides is 6. The number of benzene rings is 1. The Hall–Kier alpha value is -4.47. The van der Waals surface area contributed by atoms with Crippen LogP contribution < -0.4 is 20.7 Å². The second-order valence-corrected chi connectivity index (χ2v) is 14.6. The Morgan fingerprint density at radius 3 is 2.59 bits per heavy atom. The first-order valence-electron chi connectivity index (χ1n) is 15.8. The second-order valence-electron chi connectivity index (χ2n) is 12.6. The summed E-state index contributed by atoms with van der Waals surface area (Å²) in [5.74, 6) is 2.23. The summed E-state index contributed by atoms with van der Waals surface area (Å²) in [7, 11) is -0.375. The molecule has 4 heterocycles. The number of sulfone groups is 1. The molecule has 51 heavy (non-hydrogen) atoms. The van der Waals surface area contributed by atoms with Crippen LogP contribution in [0.4, 0.5) is 43.4 Å². The molecule has 2 fully saturated rings. The number of nitrogens with zero attached hydrogens (tertiary/aromatic N) is 4. The SMILES string of the molecule is COc1cc(S(C)(=O)=O)ccc1NCC#Cc1nc2c(N[C@@H]3CCN(C)C[C@@H]3F)cc(NC(=O)/C=C/CN3CC(F)(F)C3)cn2c1CC(F)(F)F. The molecule has 2 saturated heterocycles. The normalized spacial score (nSPS) is 19.7. The van der Waals surface area contributed by atoms with Crippen LogP contribution in [0.15, 0.2) is 47.5 Å². The van der Waals surface area contributed by atoms with Crippen LogP contribution in [0.25, 0.3) is 5.65 Å². The van der Waals surface area contributed by atoms with Crippen molar-refractivity contribution in [1.82, 2.24) is 19.2 Å². The van der Waals surface area contributed by atoms with Crippen LogP contribution in [0.3, 0.4) is 0 Å². The molecule has 3 N–H and O–H groups in total. The van der Waals surface area contributed by atoms with E-state index < -0.39 is 59.6 Å². The minimum atomic E-state index is -4.68. The fourth-order valence-electron chi connectivity index (χ4n) is 5.79. The molecule has 276 valence electrons. The number of imidazole rings is 1. The van der Waals surface area contributed by atoms with Crippen LogP contribution >= 0.6 is 0 Å². The largest absolute Gasteiger partial charge is 0.495 e. The lowest BCUT2D eigenvalue weighted by Crippen LogP contribution is -2.55. The summed E-state index contributed by atoms with van der Waals surface area (Å²) in [6, 6.07) is 4.92. The Bertz CT molecular complexity index is 1970. The summed E-state index contributed by atoms with van der Waals surface area (Å²) in [6.07, 6.45) is -2.17. The van der Waals surface area contributed by atoms with Crippen LogP contribution in [0.5, 0.6) is 5.75 Å². The standard InChI is InChI=1S/C33H37F6N7O4S/c1-44-13-10-24(23(34)18-44)42-27-14-21(41-30(47)7-5-12-45-19-32(35,36)20-45)17-46-28(16-33(37,38)39)25(43-31(27)46)6-4-11-40-26-9-8-22(51(3,48)49)15-29(26)50-2/h5,7-9,14-15,17,23-24,40,42H,10-13,16,18-20H2,1-3H3,(H,41,47)/b7-5+/t23-,24+/m0/s1. The van der Waals surface area contributed by atoms with Gasteiger partial charge in [-0.2, -0.15) is 13.2 Å². The molecule has 18 heteroatoms. The van der Waals surface area contributed by atoms with Crippen molar-refractivity contribution in [2.75, 3.05) is 75.6 Å². The highest BCUT2D eigenvalue weighted by atomic mass is 32.2. The van der Waals surface area contributed by atoms with E-state index in [4.69, 9.17) is 4.74 Å². The lowest BCUT2D eigenvalue weighted by Gasteiger charge is -2.37. The monoisotopic (exact) mass is 741 g/mol. The molecule has 2 aliphatic rings. The smallest absolute Gasteiger partial charge is 0.394 e. The number of carbonyl (C=O) groups is 1. The third-order valence-electron chi connectivity index (χ3n) is 8.26. The molecule has 5 rings (SSSR count). The fraction of sp³-hybridized carbons (Fsp3) is 0.455. The van der Waals surface area contributed by atoms with Crippen molar-refractivity contribution >= 4 is 38.5 Å². The van der Waals surface area contributed by atoms with Gasteiger partial charge < -0.3 is 25.6 Å². The molecule has 0 radical (unpaired) electrons. The van der Waals surface area contributed by atoms with E-state index >= 15 is 4.39 Å². The summed E-state index contributed by atoms with van der Waals surface area (Å²) in [5, 5.41) is 8.62. The molecule has 2 aliphatic heterocycles. The molecule has 2 aromatic heterocycles. The quantitative estimate of drug-likeness (QED) is 0.151. The van der Waals surface area contributed by atoms with Crippen molar-refractivity contribution in [2.24, 2.45) is 0 Å². The fourth-order valence-corrected chi connectivity index (χ4v) is 6.43. The van der Waals surface area contributed by atoms with Gasteiger partial charge in [-0.1, -0.05) is 12.0 Å². The van der Waals surface area contributed by atoms with Crippen molar-refractivity contribution in [1.29, 1.82) is 0 Å². The van der Waals surface area contributed by atoms with Crippen LogP contribution in [0.2, 0.25) is 0 Å². The Balaban J connectivity index is 1.45. The van der Waals surface area contributed by atoms with Gasteiger partial charge in [0.1, 0.15) is 17.6 Å². The number of aromatic nitrogens is 2. The molecule has 3 aromatic rings. The van der Waals surface area contributed by atoms with Gasteiger partial charge in [-0.05, 0) is 37.6 Å². The molecule has 0 aliphatic carbocycles. The van der Waals surface area contributed by atoms with Crippen LogP contribution in [0, 0.1) is 11.8 Å². The van der Waals surface area contributed by atoms with Gasteiger partial charge in [0, 0.05) is 44.2 Å². The lowest BCUT2D eigenvalue weighted by molar-refractivity contribution is -0.128. The number of amides is 1. The molecule has 0 spiro atoms.